The molecule has 0 aromatic heterocycles. The number of anilines is 1. The first-order valence-corrected chi connectivity index (χ1v) is 5.15. The first kappa shape index (κ1) is 9.17. The topological polar surface area (TPSA) is 12.0 Å². The molecule has 1 aromatic rings. The second-order valence-corrected chi connectivity index (χ2v) is 4.26. The third kappa shape index (κ3) is 1.92. The van der Waals surface area contributed by atoms with E-state index in [-0.39, 0.29) is 0 Å². The Balaban J connectivity index is 2.34. The molecular weight excluding hydrogens is 205 g/mol. The highest BCUT2D eigenvalue weighted by Gasteiger charge is 2.23. The Morgan fingerprint density at radius 1 is 1.31 bits per heavy atom. The maximum absolute atomic E-state index is 6.12. The van der Waals surface area contributed by atoms with E-state index in [1.165, 1.54) is 12.8 Å². The van der Waals surface area contributed by atoms with Crippen LogP contribution in [0.3, 0.4) is 0 Å². The number of hydrogen-bond donors (Lipinski definition) is 1. The summed E-state index contributed by atoms with van der Waals surface area (Å²) >= 11 is 12.1. The Morgan fingerprint density at radius 2 is 2.00 bits per heavy atom. The van der Waals surface area contributed by atoms with Crippen molar-refractivity contribution in [3.63, 3.8) is 0 Å². The van der Waals surface area contributed by atoms with Crippen molar-refractivity contribution in [3.05, 3.63) is 27.7 Å². The van der Waals surface area contributed by atoms with E-state index in [1.54, 1.807) is 0 Å². The summed E-state index contributed by atoms with van der Waals surface area (Å²) < 4.78 is 0. The molecule has 70 valence electrons. The molecule has 0 unspecified atom stereocenters. The molecule has 1 fully saturated rings. The molecule has 3 heteroatoms. The van der Waals surface area contributed by atoms with Crippen LogP contribution in [0.25, 0.3) is 0 Å². The van der Waals surface area contributed by atoms with Crippen molar-refractivity contribution in [1.29, 1.82) is 0 Å². The van der Waals surface area contributed by atoms with Crippen molar-refractivity contribution < 1.29 is 0 Å². The number of nitrogens with one attached hydrogen (secondary N) is 1. The van der Waals surface area contributed by atoms with Crippen LogP contribution in [0.4, 0.5) is 5.69 Å². The van der Waals surface area contributed by atoms with Gasteiger partial charge in [0.1, 0.15) is 0 Å². The number of hydrogen-bond acceptors (Lipinski definition) is 1. The van der Waals surface area contributed by atoms with E-state index in [0.717, 1.165) is 16.3 Å². The monoisotopic (exact) mass is 215 g/mol. The molecular formula is C10H11Cl2N. The van der Waals surface area contributed by atoms with E-state index in [2.05, 4.69) is 5.32 Å². The summed E-state index contributed by atoms with van der Waals surface area (Å²) in [6.07, 6.45) is 2.45. The average Bonchev–Trinajstić information content (AvgIpc) is 2.89. The lowest BCUT2D eigenvalue weighted by Crippen LogP contribution is -2.02. The van der Waals surface area contributed by atoms with Gasteiger partial charge in [-0.05, 0) is 31.4 Å². The highest BCUT2D eigenvalue weighted by atomic mass is 35.5. The van der Waals surface area contributed by atoms with Crippen LogP contribution < -0.4 is 5.32 Å². The fourth-order valence-electron chi connectivity index (χ4n) is 1.22. The number of aryl methyl sites for hydroxylation is 1. The predicted molar refractivity (Wildman–Crippen MR) is 57.8 cm³/mol. The third-order valence-electron chi connectivity index (χ3n) is 2.21. The van der Waals surface area contributed by atoms with Crippen molar-refractivity contribution in [2.45, 2.75) is 25.8 Å². The van der Waals surface area contributed by atoms with Gasteiger partial charge in [0.2, 0.25) is 0 Å². The second kappa shape index (κ2) is 3.39. The molecule has 0 aliphatic heterocycles. The summed E-state index contributed by atoms with van der Waals surface area (Å²) in [5, 5.41) is 4.79. The van der Waals surface area contributed by atoms with Gasteiger partial charge in [-0.1, -0.05) is 29.3 Å². The van der Waals surface area contributed by atoms with Gasteiger partial charge < -0.3 is 5.32 Å². The Hall–Kier alpha value is -0.400. The van der Waals surface area contributed by atoms with Crippen LogP contribution in [0, 0.1) is 6.92 Å². The first-order chi connectivity index (χ1) is 6.18. The van der Waals surface area contributed by atoms with Crippen LogP contribution in [-0.4, -0.2) is 6.04 Å². The van der Waals surface area contributed by atoms with E-state index < -0.39 is 0 Å². The number of benzene rings is 1. The number of rotatable bonds is 2. The summed E-state index contributed by atoms with van der Waals surface area (Å²) in [4.78, 5) is 0. The van der Waals surface area contributed by atoms with Crippen LogP contribution in [0.1, 0.15) is 18.4 Å². The van der Waals surface area contributed by atoms with Gasteiger partial charge in [0.25, 0.3) is 0 Å². The molecule has 1 saturated carbocycles. The molecule has 1 aliphatic rings. The zero-order valence-corrected chi connectivity index (χ0v) is 8.91. The standard InChI is InChI=1S/C10H11Cl2N/c1-6-2-5-8(11)10(9(6)12)13-7-3-4-7/h2,5,7,13H,3-4H2,1H3. The minimum atomic E-state index is 0.580. The maximum Gasteiger partial charge on any atom is 0.0723 e. The predicted octanol–water partition coefficient (Wildman–Crippen LogP) is 3.88. The van der Waals surface area contributed by atoms with Crippen molar-refractivity contribution >= 4 is 28.9 Å². The van der Waals surface area contributed by atoms with Crippen molar-refractivity contribution in [3.8, 4) is 0 Å². The molecule has 0 atom stereocenters. The quantitative estimate of drug-likeness (QED) is 0.790. The Bertz CT molecular complexity index is 332. The summed E-state index contributed by atoms with van der Waals surface area (Å²) in [5.41, 5.74) is 1.96. The van der Waals surface area contributed by atoms with E-state index in [1.807, 2.05) is 19.1 Å². The van der Waals surface area contributed by atoms with Gasteiger partial charge in [-0.25, -0.2) is 0 Å². The molecule has 0 spiro atoms. The van der Waals surface area contributed by atoms with Gasteiger partial charge in [-0.15, -0.1) is 0 Å². The van der Waals surface area contributed by atoms with Gasteiger partial charge in [0.15, 0.2) is 0 Å². The smallest absolute Gasteiger partial charge is 0.0723 e. The second-order valence-electron chi connectivity index (χ2n) is 3.47. The fraction of sp³-hybridized carbons (Fsp3) is 0.400. The van der Waals surface area contributed by atoms with E-state index in [9.17, 15) is 0 Å². The lowest BCUT2D eigenvalue weighted by molar-refractivity contribution is 1.15. The van der Waals surface area contributed by atoms with E-state index in [0.29, 0.717) is 11.1 Å². The van der Waals surface area contributed by atoms with E-state index >= 15 is 0 Å². The van der Waals surface area contributed by atoms with Gasteiger partial charge in [0, 0.05) is 6.04 Å². The largest absolute Gasteiger partial charge is 0.380 e. The summed E-state index contributed by atoms with van der Waals surface area (Å²) in [7, 11) is 0. The van der Waals surface area contributed by atoms with Gasteiger partial charge in [-0.3, -0.25) is 0 Å². The Morgan fingerprint density at radius 3 is 2.62 bits per heavy atom. The van der Waals surface area contributed by atoms with Gasteiger partial charge >= 0.3 is 0 Å². The molecule has 0 amide bonds. The lowest BCUT2D eigenvalue weighted by Gasteiger charge is -2.10. The highest BCUT2D eigenvalue weighted by Crippen LogP contribution is 2.36. The fourth-order valence-corrected chi connectivity index (χ4v) is 1.70. The summed E-state index contributed by atoms with van der Waals surface area (Å²) in [6.45, 7) is 1.98. The molecule has 2 rings (SSSR count). The molecule has 0 heterocycles. The molecule has 1 aliphatic carbocycles. The Kier molecular flexibility index (Phi) is 2.39. The summed E-state index contributed by atoms with van der Waals surface area (Å²) in [6, 6.07) is 4.40. The molecule has 0 bridgehead atoms. The third-order valence-corrected chi connectivity index (χ3v) is 3.01. The van der Waals surface area contributed by atoms with Crippen molar-refractivity contribution in [2.24, 2.45) is 0 Å². The Labute approximate surface area is 88.0 Å². The molecule has 0 saturated heterocycles. The normalized spacial score (nSPS) is 15.9. The average molecular weight is 216 g/mol. The van der Waals surface area contributed by atoms with E-state index in [4.69, 9.17) is 23.2 Å². The zero-order valence-electron chi connectivity index (χ0n) is 7.40. The number of halogens is 2. The van der Waals surface area contributed by atoms with Crippen molar-refractivity contribution in [1.82, 2.24) is 0 Å². The van der Waals surface area contributed by atoms with Crippen molar-refractivity contribution in [2.75, 3.05) is 5.32 Å². The van der Waals surface area contributed by atoms with Crippen LogP contribution in [0.15, 0.2) is 12.1 Å². The highest BCUT2D eigenvalue weighted by molar-refractivity contribution is 6.39. The van der Waals surface area contributed by atoms with Gasteiger partial charge in [0.05, 0.1) is 15.7 Å². The first-order valence-electron chi connectivity index (χ1n) is 4.39. The summed E-state index contributed by atoms with van der Waals surface area (Å²) in [5.74, 6) is 0. The molecule has 0 radical (unpaired) electrons. The molecule has 1 nitrogen and oxygen atoms in total. The zero-order chi connectivity index (χ0) is 9.42. The molecule has 13 heavy (non-hydrogen) atoms. The minimum Gasteiger partial charge on any atom is -0.380 e. The lowest BCUT2D eigenvalue weighted by atomic mass is 10.2. The van der Waals surface area contributed by atoms with Crippen LogP contribution in [0.2, 0.25) is 10.0 Å². The van der Waals surface area contributed by atoms with Gasteiger partial charge in [-0.2, -0.15) is 0 Å². The SMILES string of the molecule is Cc1ccc(Cl)c(NC2CC2)c1Cl. The molecule has 1 N–H and O–H groups in total. The van der Waals surface area contributed by atoms with Crippen LogP contribution >= 0.6 is 23.2 Å². The van der Waals surface area contributed by atoms with Crippen LogP contribution in [-0.2, 0) is 0 Å². The molecule has 1 aromatic carbocycles. The van der Waals surface area contributed by atoms with Crippen LogP contribution in [0.5, 0.6) is 0 Å². The maximum atomic E-state index is 6.12. The minimum absolute atomic E-state index is 0.580.